The average molecular weight is 242 g/mol. The molecule has 0 saturated heterocycles. The molecule has 2 aromatic carbocycles. The number of hydrogen-bond acceptors (Lipinski definition) is 2. The summed E-state index contributed by atoms with van der Waals surface area (Å²) in [4.78, 5) is 0. The van der Waals surface area contributed by atoms with E-state index in [1.54, 1.807) is 0 Å². The largest absolute Gasteiger partial charge is 0.317 e. The van der Waals surface area contributed by atoms with Gasteiger partial charge < -0.3 is 10.6 Å². The van der Waals surface area contributed by atoms with Gasteiger partial charge in [-0.15, -0.1) is 0 Å². The third kappa shape index (κ3) is 3.56. The molecule has 0 aliphatic rings. The molecule has 2 nitrogen and oxygen atoms in total. The molecule has 96 valence electrons. The number of rotatable bonds is 7. The summed E-state index contributed by atoms with van der Waals surface area (Å²) >= 11 is 0. The van der Waals surface area contributed by atoms with Gasteiger partial charge in [-0.3, -0.25) is 0 Å². The zero-order valence-corrected chi connectivity index (χ0v) is 11.1. The maximum atomic E-state index is 3.51. The molecule has 0 aliphatic carbocycles. The number of nitrogens with one attached hydrogen (secondary N) is 2. The van der Waals surface area contributed by atoms with Gasteiger partial charge in [0.25, 0.3) is 0 Å². The molecule has 0 radical (unpaired) electrons. The molecule has 0 spiro atoms. The maximum Gasteiger partial charge on any atom is 0.0211 e. The predicted molar refractivity (Wildman–Crippen MR) is 78.8 cm³/mol. The molecule has 2 heteroatoms. The minimum absolute atomic E-state index is 0.952. The van der Waals surface area contributed by atoms with E-state index in [4.69, 9.17) is 0 Å². The quantitative estimate of drug-likeness (QED) is 0.729. The molecule has 2 N–H and O–H groups in total. The summed E-state index contributed by atoms with van der Waals surface area (Å²) in [7, 11) is 0. The Morgan fingerprint density at radius 2 is 1.67 bits per heavy atom. The lowest BCUT2D eigenvalue weighted by molar-refractivity contribution is 0.607. The molecular formula is C16H22N2. The third-order valence-corrected chi connectivity index (χ3v) is 3.15. The minimum Gasteiger partial charge on any atom is -0.317 e. The highest BCUT2D eigenvalue weighted by molar-refractivity contribution is 5.85. The fraction of sp³-hybridized carbons (Fsp3) is 0.375. The van der Waals surface area contributed by atoms with Crippen LogP contribution in [0.4, 0.5) is 0 Å². The fourth-order valence-corrected chi connectivity index (χ4v) is 2.18. The van der Waals surface area contributed by atoms with E-state index in [9.17, 15) is 0 Å². The third-order valence-electron chi connectivity index (χ3n) is 3.15. The van der Waals surface area contributed by atoms with Crippen LogP contribution in [0.1, 0.15) is 18.9 Å². The van der Waals surface area contributed by atoms with Gasteiger partial charge in [-0.05, 0) is 42.4 Å². The molecule has 0 fully saturated rings. The Labute approximate surface area is 109 Å². The highest BCUT2D eigenvalue weighted by atomic mass is 14.9. The van der Waals surface area contributed by atoms with Crippen LogP contribution in [-0.2, 0) is 6.54 Å². The van der Waals surface area contributed by atoms with Crippen LogP contribution in [0.3, 0.4) is 0 Å². The molecular weight excluding hydrogens is 220 g/mol. The first-order valence-electron chi connectivity index (χ1n) is 6.80. The average Bonchev–Trinajstić information content (AvgIpc) is 2.43. The lowest BCUT2D eigenvalue weighted by Gasteiger charge is -2.08. The van der Waals surface area contributed by atoms with Crippen molar-refractivity contribution in [3.05, 3.63) is 48.0 Å². The van der Waals surface area contributed by atoms with Gasteiger partial charge in [0.1, 0.15) is 0 Å². The van der Waals surface area contributed by atoms with E-state index in [-0.39, 0.29) is 0 Å². The Kier molecular flexibility index (Phi) is 5.18. The zero-order valence-electron chi connectivity index (χ0n) is 11.1. The van der Waals surface area contributed by atoms with Gasteiger partial charge in [0.15, 0.2) is 0 Å². The van der Waals surface area contributed by atoms with Crippen molar-refractivity contribution < 1.29 is 0 Å². The van der Waals surface area contributed by atoms with Gasteiger partial charge in [-0.2, -0.15) is 0 Å². The van der Waals surface area contributed by atoms with Crippen LogP contribution in [0.15, 0.2) is 42.5 Å². The SMILES string of the molecule is CCNCCCNCc1cccc2ccccc12. The van der Waals surface area contributed by atoms with E-state index in [0.29, 0.717) is 0 Å². The maximum absolute atomic E-state index is 3.51. The van der Waals surface area contributed by atoms with E-state index in [0.717, 1.165) is 26.2 Å². The normalized spacial score (nSPS) is 10.9. The molecule has 0 aliphatic heterocycles. The first kappa shape index (κ1) is 13.1. The van der Waals surface area contributed by atoms with Crippen LogP contribution in [0.5, 0.6) is 0 Å². The summed E-state index contributed by atoms with van der Waals surface area (Å²) in [6.45, 7) is 6.32. The zero-order chi connectivity index (χ0) is 12.6. The molecule has 0 heterocycles. The fourth-order valence-electron chi connectivity index (χ4n) is 2.18. The van der Waals surface area contributed by atoms with E-state index in [2.05, 4.69) is 60.0 Å². The van der Waals surface area contributed by atoms with Crippen molar-refractivity contribution in [2.24, 2.45) is 0 Å². The van der Waals surface area contributed by atoms with Crippen molar-refractivity contribution >= 4 is 10.8 Å². The topological polar surface area (TPSA) is 24.1 Å². The van der Waals surface area contributed by atoms with Crippen molar-refractivity contribution in [3.63, 3.8) is 0 Å². The van der Waals surface area contributed by atoms with Crippen LogP contribution in [0, 0.1) is 0 Å². The molecule has 2 aromatic rings. The molecule has 0 atom stereocenters. The van der Waals surface area contributed by atoms with E-state index >= 15 is 0 Å². The Hall–Kier alpha value is -1.38. The molecule has 2 rings (SSSR count). The summed E-state index contributed by atoms with van der Waals surface area (Å²) in [5.74, 6) is 0. The Balaban J connectivity index is 1.88. The lowest BCUT2D eigenvalue weighted by Crippen LogP contribution is -2.21. The summed E-state index contributed by atoms with van der Waals surface area (Å²) in [5, 5.41) is 9.53. The summed E-state index contributed by atoms with van der Waals surface area (Å²) < 4.78 is 0. The number of fused-ring (bicyclic) bond motifs is 1. The Bertz CT molecular complexity index is 474. The standard InChI is InChI=1S/C16H22N2/c1-2-17-11-6-12-18-13-15-9-5-8-14-7-3-4-10-16(14)15/h3-5,7-10,17-18H,2,6,11-13H2,1H3. The molecule has 0 aromatic heterocycles. The van der Waals surface area contributed by atoms with Gasteiger partial charge in [-0.25, -0.2) is 0 Å². The predicted octanol–water partition coefficient (Wildman–Crippen LogP) is 2.93. The van der Waals surface area contributed by atoms with Crippen molar-refractivity contribution in [1.82, 2.24) is 10.6 Å². The van der Waals surface area contributed by atoms with Crippen molar-refractivity contribution in [1.29, 1.82) is 0 Å². The van der Waals surface area contributed by atoms with Crippen molar-refractivity contribution in [2.45, 2.75) is 19.9 Å². The first-order valence-corrected chi connectivity index (χ1v) is 6.80. The van der Waals surface area contributed by atoms with Crippen LogP contribution < -0.4 is 10.6 Å². The number of benzene rings is 2. The van der Waals surface area contributed by atoms with Crippen LogP contribution >= 0.6 is 0 Å². The van der Waals surface area contributed by atoms with E-state index < -0.39 is 0 Å². The highest BCUT2D eigenvalue weighted by Gasteiger charge is 1.99. The van der Waals surface area contributed by atoms with Crippen LogP contribution in [0.25, 0.3) is 10.8 Å². The second kappa shape index (κ2) is 7.14. The van der Waals surface area contributed by atoms with Gasteiger partial charge in [0, 0.05) is 6.54 Å². The van der Waals surface area contributed by atoms with Crippen molar-refractivity contribution in [3.8, 4) is 0 Å². The monoisotopic (exact) mass is 242 g/mol. The Morgan fingerprint density at radius 3 is 2.56 bits per heavy atom. The van der Waals surface area contributed by atoms with E-state index in [1.165, 1.54) is 22.8 Å². The molecule has 18 heavy (non-hydrogen) atoms. The van der Waals surface area contributed by atoms with Crippen LogP contribution in [0.2, 0.25) is 0 Å². The van der Waals surface area contributed by atoms with Gasteiger partial charge >= 0.3 is 0 Å². The summed E-state index contributed by atoms with van der Waals surface area (Å²) in [6.07, 6.45) is 1.18. The van der Waals surface area contributed by atoms with Gasteiger partial charge in [-0.1, -0.05) is 49.4 Å². The second-order valence-corrected chi connectivity index (χ2v) is 4.52. The number of hydrogen-bond donors (Lipinski definition) is 2. The molecule has 0 bridgehead atoms. The summed E-state index contributed by atoms with van der Waals surface area (Å²) in [5.41, 5.74) is 1.39. The molecule has 0 amide bonds. The molecule has 0 saturated carbocycles. The minimum atomic E-state index is 0.952. The summed E-state index contributed by atoms with van der Waals surface area (Å²) in [6, 6.07) is 15.1. The van der Waals surface area contributed by atoms with Crippen LogP contribution in [-0.4, -0.2) is 19.6 Å². The van der Waals surface area contributed by atoms with Gasteiger partial charge in [0.05, 0.1) is 0 Å². The Morgan fingerprint density at radius 1 is 0.889 bits per heavy atom. The van der Waals surface area contributed by atoms with Gasteiger partial charge in [0.2, 0.25) is 0 Å². The van der Waals surface area contributed by atoms with E-state index in [1.807, 2.05) is 0 Å². The highest BCUT2D eigenvalue weighted by Crippen LogP contribution is 2.17. The lowest BCUT2D eigenvalue weighted by atomic mass is 10.0. The first-order chi connectivity index (χ1) is 8.92. The molecule has 0 unspecified atom stereocenters. The smallest absolute Gasteiger partial charge is 0.0211 e. The van der Waals surface area contributed by atoms with Crippen molar-refractivity contribution in [2.75, 3.05) is 19.6 Å². The second-order valence-electron chi connectivity index (χ2n) is 4.52.